The Hall–Kier alpha value is -2.61. The van der Waals surface area contributed by atoms with Crippen LogP contribution >= 0.6 is 12.2 Å². The largest absolute Gasteiger partial charge is 0.497 e. The average Bonchev–Trinajstić information content (AvgIpc) is 2.66. The second kappa shape index (κ2) is 7.56. The van der Waals surface area contributed by atoms with Gasteiger partial charge in [0.2, 0.25) is 0 Å². The number of alkyl halides is 2. The first kappa shape index (κ1) is 19.2. The number of ether oxygens (including phenoxy) is 1. The number of hydrogen-bond donors (Lipinski definition) is 1. The third kappa shape index (κ3) is 3.49. The number of pyridine rings is 1. The van der Waals surface area contributed by atoms with Crippen molar-refractivity contribution in [2.75, 3.05) is 7.11 Å². The van der Waals surface area contributed by atoms with Gasteiger partial charge in [0.15, 0.2) is 4.77 Å². The van der Waals surface area contributed by atoms with E-state index in [0.717, 1.165) is 0 Å². The quantitative estimate of drug-likeness (QED) is 0.619. The van der Waals surface area contributed by atoms with Gasteiger partial charge in [0.25, 0.3) is 12.0 Å². The molecule has 0 bridgehead atoms. The predicted octanol–water partition coefficient (Wildman–Crippen LogP) is 5.04. The highest BCUT2D eigenvalue weighted by Gasteiger charge is 2.21. The SMILES string of the molecule is CC[C@@H](C)n1c(=S)[nH]c(=O)c2c(C(F)F)cc(-c3ccc(OC)cc3)nc21. The topological polar surface area (TPSA) is 59.9 Å². The number of aromatic nitrogens is 3. The standard InChI is InChI=1S/C19H19F2N3O2S/c1-4-10(2)24-17-15(18(25)23-19(24)27)13(16(20)21)9-14(22-17)11-5-7-12(26-3)8-6-11/h5-10,16H,4H2,1-3H3,(H,23,25,27)/t10-/m1/s1. The first-order valence-corrected chi connectivity index (χ1v) is 8.90. The van der Waals surface area contributed by atoms with Crippen molar-refractivity contribution in [1.82, 2.24) is 14.5 Å². The van der Waals surface area contributed by atoms with Gasteiger partial charge in [-0.15, -0.1) is 0 Å². The number of rotatable bonds is 5. The molecule has 0 fully saturated rings. The van der Waals surface area contributed by atoms with Crippen LogP contribution in [0.4, 0.5) is 8.78 Å². The van der Waals surface area contributed by atoms with Crippen LogP contribution in [0.5, 0.6) is 5.75 Å². The van der Waals surface area contributed by atoms with Gasteiger partial charge in [-0.1, -0.05) is 6.92 Å². The van der Waals surface area contributed by atoms with Crippen molar-refractivity contribution in [1.29, 1.82) is 0 Å². The van der Waals surface area contributed by atoms with Crippen molar-refractivity contribution >= 4 is 23.3 Å². The van der Waals surface area contributed by atoms with Gasteiger partial charge in [0.05, 0.1) is 18.2 Å². The molecule has 3 rings (SSSR count). The second-order valence-electron chi connectivity index (χ2n) is 6.21. The summed E-state index contributed by atoms with van der Waals surface area (Å²) in [6.45, 7) is 3.85. The van der Waals surface area contributed by atoms with Crippen molar-refractivity contribution in [3.05, 3.63) is 51.0 Å². The van der Waals surface area contributed by atoms with Gasteiger partial charge in [0, 0.05) is 17.2 Å². The zero-order valence-corrected chi connectivity index (χ0v) is 15.9. The minimum absolute atomic E-state index is 0.110. The molecule has 1 atom stereocenters. The summed E-state index contributed by atoms with van der Waals surface area (Å²) in [5.74, 6) is 0.646. The second-order valence-corrected chi connectivity index (χ2v) is 6.60. The molecule has 0 unspecified atom stereocenters. The molecule has 2 aromatic heterocycles. The number of fused-ring (bicyclic) bond motifs is 1. The maximum Gasteiger partial charge on any atom is 0.264 e. The molecule has 0 saturated heterocycles. The van der Waals surface area contributed by atoms with E-state index >= 15 is 0 Å². The van der Waals surface area contributed by atoms with Crippen LogP contribution in [-0.4, -0.2) is 21.6 Å². The molecule has 0 aliphatic carbocycles. The van der Waals surface area contributed by atoms with Gasteiger partial charge in [-0.2, -0.15) is 0 Å². The van der Waals surface area contributed by atoms with Gasteiger partial charge in [-0.05, 0) is 55.9 Å². The Balaban J connectivity index is 2.40. The van der Waals surface area contributed by atoms with E-state index in [0.29, 0.717) is 23.4 Å². The summed E-state index contributed by atoms with van der Waals surface area (Å²) in [5, 5.41) is -0.129. The Morgan fingerprint density at radius 2 is 1.96 bits per heavy atom. The molecule has 0 spiro atoms. The van der Waals surface area contributed by atoms with Crippen molar-refractivity contribution in [3.63, 3.8) is 0 Å². The monoisotopic (exact) mass is 391 g/mol. The summed E-state index contributed by atoms with van der Waals surface area (Å²) in [6.07, 6.45) is -2.12. The fourth-order valence-electron chi connectivity index (χ4n) is 2.95. The number of halogens is 2. The van der Waals surface area contributed by atoms with Crippen LogP contribution in [0.25, 0.3) is 22.3 Å². The lowest BCUT2D eigenvalue weighted by molar-refractivity contribution is 0.153. The zero-order valence-electron chi connectivity index (χ0n) is 15.1. The van der Waals surface area contributed by atoms with Crippen molar-refractivity contribution in [2.45, 2.75) is 32.7 Å². The smallest absolute Gasteiger partial charge is 0.264 e. The van der Waals surface area contributed by atoms with E-state index in [2.05, 4.69) is 9.97 Å². The minimum Gasteiger partial charge on any atom is -0.497 e. The van der Waals surface area contributed by atoms with E-state index in [1.807, 2.05) is 13.8 Å². The lowest BCUT2D eigenvalue weighted by atomic mass is 10.1. The number of H-pyrrole nitrogens is 1. The Labute approximate surface area is 159 Å². The number of aromatic amines is 1. The summed E-state index contributed by atoms with van der Waals surface area (Å²) in [6, 6.07) is 8.06. The third-order valence-corrected chi connectivity index (χ3v) is 4.88. The summed E-state index contributed by atoms with van der Waals surface area (Å²) < 4.78 is 34.5. The van der Waals surface area contributed by atoms with E-state index in [4.69, 9.17) is 17.0 Å². The third-order valence-electron chi connectivity index (χ3n) is 4.58. The highest BCUT2D eigenvalue weighted by Crippen LogP contribution is 2.31. The number of nitrogens with zero attached hydrogens (tertiary/aromatic N) is 2. The molecule has 27 heavy (non-hydrogen) atoms. The molecular weight excluding hydrogens is 372 g/mol. The molecule has 142 valence electrons. The van der Waals surface area contributed by atoms with Crippen LogP contribution in [0.1, 0.15) is 38.3 Å². The molecule has 0 aliphatic rings. The zero-order chi connectivity index (χ0) is 19.7. The molecule has 1 aromatic carbocycles. The number of hydrogen-bond acceptors (Lipinski definition) is 4. The highest BCUT2D eigenvalue weighted by atomic mass is 32.1. The molecule has 3 aromatic rings. The Morgan fingerprint density at radius 1 is 1.30 bits per heavy atom. The van der Waals surface area contributed by atoms with Crippen LogP contribution in [0.15, 0.2) is 35.1 Å². The first-order valence-electron chi connectivity index (χ1n) is 8.49. The normalized spacial score (nSPS) is 12.5. The fourth-order valence-corrected chi connectivity index (χ4v) is 3.31. The van der Waals surface area contributed by atoms with Crippen LogP contribution in [-0.2, 0) is 0 Å². The summed E-state index contributed by atoms with van der Waals surface area (Å²) in [4.78, 5) is 19.4. The number of nitrogens with one attached hydrogen (secondary N) is 1. The molecule has 8 heteroatoms. The van der Waals surface area contributed by atoms with Gasteiger partial charge in [-0.3, -0.25) is 14.3 Å². The van der Waals surface area contributed by atoms with E-state index in [-0.39, 0.29) is 27.4 Å². The molecule has 1 N–H and O–H groups in total. The van der Waals surface area contributed by atoms with E-state index in [9.17, 15) is 13.6 Å². The van der Waals surface area contributed by atoms with E-state index in [1.54, 1.807) is 35.9 Å². The van der Waals surface area contributed by atoms with Gasteiger partial charge in [-0.25, -0.2) is 13.8 Å². The summed E-state index contributed by atoms with van der Waals surface area (Å²) in [5.41, 5.74) is 0.137. The minimum atomic E-state index is -2.82. The van der Waals surface area contributed by atoms with E-state index in [1.165, 1.54) is 6.07 Å². The number of benzene rings is 1. The molecule has 0 saturated carbocycles. The van der Waals surface area contributed by atoms with Crippen molar-refractivity contribution in [2.24, 2.45) is 0 Å². The molecule has 0 radical (unpaired) electrons. The van der Waals surface area contributed by atoms with Crippen LogP contribution in [0.3, 0.4) is 0 Å². The fraction of sp³-hybridized carbons (Fsp3) is 0.316. The van der Waals surface area contributed by atoms with Crippen LogP contribution < -0.4 is 10.3 Å². The molecular formula is C19H19F2N3O2S. The van der Waals surface area contributed by atoms with Gasteiger partial charge < -0.3 is 4.74 Å². The number of methoxy groups -OCH3 is 1. The van der Waals surface area contributed by atoms with Crippen LogP contribution in [0, 0.1) is 4.77 Å². The average molecular weight is 391 g/mol. The summed E-state index contributed by atoms with van der Waals surface area (Å²) in [7, 11) is 1.55. The lowest BCUT2D eigenvalue weighted by Crippen LogP contribution is -2.19. The van der Waals surface area contributed by atoms with Gasteiger partial charge >= 0.3 is 0 Å². The van der Waals surface area contributed by atoms with Gasteiger partial charge in [0.1, 0.15) is 11.4 Å². The maximum atomic E-state index is 13.8. The Kier molecular flexibility index (Phi) is 5.36. The highest BCUT2D eigenvalue weighted by molar-refractivity contribution is 7.71. The molecule has 0 amide bonds. The van der Waals surface area contributed by atoms with Crippen molar-refractivity contribution < 1.29 is 13.5 Å². The molecule has 5 nitrogen and oxygen atoms in total. The molecule has 0 aliphatic heterocycles. The van der Waals surface area contributed by atoms with Crippen molar-refractivity contribution in [3.8, 4) is 17.0 Å². The Bertz CT molecular complexity index is 1090. The predicted molar refractivity (Wildman–Crippen MR) is 103 cm³/mol. The van der Waals surface area contributed by atoms with E-state index < -0.39 is 12.0 Å². The first-order chi connectivity index (χ1) is 12.9. The van der Waals surface area contributed by atoms with Crippen LogP contribution in [0.2, 0.25) is 0 Å². The molecule has 2 heterocycles. The lowest BCUT2D eigenvalue weighted by Gasteiger charge is -2.18. The Morgan fingerprint density at radius 3 is 2.52 bits per heavy atom. The maximum absolute atomic E-state index is 13.8. The summed E-state index contributed by atoms with van der Waals surface area (Å²) >= 11 is 5.27.